The quantitative estimate of drug-likeness (QED) is 0.856. The van der Waals surface area contributed by atoms with E-state index in [1.807, 2.05) is 4.90 Å². The maximum Gasteiger partial charge on any atom is 0.150 e. The van der Waals surface area contributed by atoms with E-state index in [0.29, 0.717) is 37.4 Å². The van der Waals surface area contributed by atoms with Crippen molar-refractivity contribution in [3.8, 4) is 0 Å². The molecule has 0 radical (unpaired) electrons. The van der Waals surface area contributed by atoms with Crippen molar-refractivity contribution in [1.29, 1.82) is 0 Å². The molecule has 1 aromatic carbocycles. The van der Waals surface area contributed by atoms with Crippen molar-refractivity contribution in [1.82, 2.24) is 14.7 Å². The van der Waals surface area contributed by atoms with Crippen LogP contribution < -0.4 is 0 Å². The number of aliphatic hydroxyl groups is 1. The summed E-state index contributed by atoms with van der Waals surface area (Å²) in [6, 6.07) is 5.19. The molecule has 0 saturated heterocycles. The van der Waals surface area contributed by atoms with Crippen molar-refractivity contribution in [2.75, 3.05) is 18.6 Å². The average molecular weight is 371 g/mol. The minimum atomic E-state index is -3.31. The fourth-order valence-electron chi connectivity index (χ4n) is 2.90. The number of fused-ring (bicyclic) bond motifs is 1. The van der Waals surface area contributed by atoms with Gasteiger partial charge >= 0.3 is 0 Å². The van der Waals surface area contributed by atoms with Gasteiger partial charge in [-0.2, -0.15) is 5.10 Å². The largest absolute Gasteiger partial charge is 0.386 e. The lowest BCUT2D eigenvalue weighted by Crippen LogP contribution is -2.33. The zero-order valence-corrected chi connectivity index (χ0v) is 14.5. The van der Waals surface area contributed by atoms with Crippen molar-refractivity contribution in [3.05, 3.63) is 52.9 Å². The molecule has 1 aliphatic heterocycles. The van der Waals surface area contributed by atoms with E-state index in [9.17, 15) is 22.3 Å². The molecule has 0 amide bonds. The van der Waals surface area contributed by atoms with E-state index in [1.165, 1.54) is 12.1 Å². The number of aromatic nitrogens is 2. The Morgan fingerprint density at radius 3 is 2.72 bits per heavy atom. The van der Waals surface area contributed by atoms with Crippen molar-refractivity contribution in [3.63, 3.8) is 0 Å². The summed E-state index contributed by atoms with van der Waals surface area (Å²) in [6.45, 7) is 1.98. The third kappa shape index (κ3) is 4.42. The van der Waals surface area contributed by atoms with Crippen LogP contribution in [0, 0.1) is 11.6 Å². The summed E-state index contributed by atoms with van der Waals surface area (Å²) in [5, 5.41) is 14.3. The SMILES string of the molecule is CS(=O)(=O)CC(O)c1cc2n(n1)CCN(Cc1ccc(F)cc1F)C2. The molecule has 0 fully saturated rings. The molecule has 0 aliphatic carbocycles. The molecule has 1 unspecified atom stereocenters. The van der Waals surface area contributed by atoms with Crippen LogP contribution in [0.5, 0.6) is 0 Å². The Kier molecular flexibility index (Phi) is 4.90. The first-order valence-electron chi connectivity index (χ1n) is 7.80. The van der Waals surface area contributed by atoms with Crippen LogP contribution in [0.4, 0.5) is 8.78 Å². The van der Waals surface area contributed by atoms with Crippen LogP contribution in [0.3, 0.4) is 0 Å². The predicted molar refractivity (Wildman–Crippen MR) is 87.4 cm³/mol. The van der Waals surface area contributed by atoms with Gasteiger partial charge in [0.15, 0.2) is 0 Å². The van der Waals surface area contributed by atoms with Gasteiger partial charge in [0.1, 0.15) is 27.6 Å². The summed E-state index contributed by atoms with van der Waals surface area (Å²) in [5.41, 5.74) is 1.54. The van der Waals surface area contributed by atoms with Crippen LogP contribution in [0.1, 0.15) is 23.1 Å². The molecule has 136 valence electrons. The maximum absolute atomic E-state index is 13.8. The third-order valence-electron chi connectivity index (χ3n) is 4.11. The van der Waals surface area contributed by atoms with Gasteiger partial charge in [-0.3, -0.25) is 9.58 Å². The topological polar surface area (TPSA) is 75.4 Å². The Hall–Kier alpha value is -1.84. The number of aliphatic hydroxyl groups excluding tert-OH is 1. The number of nitrogens with zero attached hydrogens (tertiary/aromatic N) is 3. The molecule has 9 heteroatoms. The first-order chi connectivity index (χ1) is 11.7. The first kappa shape index (κ1) is 18.0. The van der Waals surface area contributed by atoms with Crippen LogP contribution in [0.2, 0.25) is 0 Å². The fraction of sp³-hybridized carbons (Fsp3) is 0.438. The smallest absolute Gasteiger partial charge is 0.150 e. The molecule has 0 spiro atoms. The molecule has 2 heterocycles. The monoisotopic (exact) mass is 371 g/mol. The van der Waals surface area contributed by atoms with Gasteiger partial charge in [0.25, 0.3) is 0 Å². The molecular formula is C16H19F2N3O3S. The van der Waals surface area contributed by atoms with Crippen LogP contribution in [-0.2, 0) is 29.5 Å². The van der Waals surface area contributed by atoms with Gasteiger partial charge in [-0.25, -0.2) is 17.2 Å². The number of hydrogen-bond acceptors (Lipinski definition) is 5. The lowest BCUT2D eigenvalue weighted by molar-refractivity contribution is 0.190. The maximum atomic E-state index is 13.8. The molecular weight excluding hydrogens is 352 g/mol. The summed E-state index contributed by atoms with van der Waals surface area (Å²) in [5.74, 6) is -1.57. The normalized spacial score (nSPS) is 16.6. The number of sulfone groups is 1. The Bertz CT molecular complexity index is 883. The van der Waals surface area contributed by atoms with E-state index in [-0.39, 0.29) is 5.75 Å². The van der Waals surface area contributed by atoms with E-state index in [1.54, 1.807) is 10.7 Å². The number of rotatable bonds is 5. The number of hydrogen-bond donors (Lipinski definition) is 1. The van der Waals surface area contributed by atoms with Gasteiger partial charge in [-0.1, -0.05) is 6.07 Å². The first-order valence-corrected chi connectivity index (χ1v) is 9.86. The molecule has 1 aromatic heterocycles. The molecule has 25 heavy (non-hydrogen) atoms. The second kappa shape index (κ2) is 6.81. The van der Waals surface area contributed by atoms with E-state index >= 15 is 0 Å². The Morgan fingerprint density at radius 2 is 2.04 bits per heavy atom. The summed E-state index contributed by atoms with van der Waals surface area (Å²) in [6.07, 6.45) is -0.110. The zero-order valence-electron chi connectivity index (χ0n) is 13.7. The van der Waals surface area contributed by atoms with Crippen molar-refractivity contribution in [2.24, 2.45) is 0 Å². The molecule has 0 bridgehead atoms. The minimum absolute atomic E-state index is 0.315. The fourth-order valence-corrected chi connectivity index (χ4v) is 3.65. The molecule has 3 rings (SSSR count). The van der Waals surface area contributed by atoms with Gasteiger partial charge < -0.3 is 5.11 Å². The number of halogens is 2. The zero-order chi connectivity index (χ0) is 18.2. The highest BCUT2D eigenvalue weighted by Crippen LogP contribution is 2.21. The molecule has 0 saturated carbocycles. The van der Waals surface area contributed by atoms with Gasteiger partial charge in [-0.15, -0.1) is 0 Å². The van der Waals surface area contributed by atoms with Gasteiger partial charge in [0, 0.05) is 37.5 Å². The van der Waals surface area contributed by atoms with E-state index < -0.39 is 27.6 Å². The highest BCUT2D eigenvalue weighted by Gasteiger charge is 2.23. The van der Waals surface area contributed by atoms with E-state index in [4.69, 9.17) is 0 Å². The van der Waals surface area contributed by atoms with E-state index in [2.05, 4.69) is 5.10 Å². The van der Waals surface area contributed by atoms with Crippen LogP contribution in [0.15, 0.2) is 24.3 Å². The van der Waals surface area contributed by atoms with Gasteiger partial charge in [0.2, 0.25) is 0 Å². The molecule has 1 aliphatic rings. The summed E-state index contributed by atoms with van der Waals surface area (Å²) in [4.78, 5) is 1.99. The minimum Gasteiger partial charge on any atom is -0.386 e. The highest BCUT2D eigenvalue weighted by molar-refractivity contribution is 7.90. The van der Waals surface area contributed by atoms with Crippen LogP contribution in [0.25, 0.3) is 0 Å². The second-order valence-corrected chi connectivity index (χ2v) is 8.52. The van der Waals surface area contributed by atoms with Crippen molar-refractivity contribution >= 4 is 9.84 Å². The lowest BCUT2D eigenvalue weighted by atomic mass is 10.1. The van der Waals surface area contributed by atoms with Gasteiger partial charge in [-0.05, 0) is 12.1 Å². The summed E-state index contributed by atoms with van der Waals surface area (Å²) < 4.78 is 51.1. The van der Waals surface area contributed by atoms with E-state index in [0.717, 1.165) is 18.0 Å². The second-order valence-electron chi connectivity index (χ2n) is 6.34. The Morgan fingerprint density at radius 1 is 1.28 bits per heavy atom. The molecule has 1 N–H and O–H groups in total. The highest BCUT2D eigenvalue weighted by atomic mass is 32.2. The Labute approximate surface area is 144 Å². The molecule has 2 aromatic rings. The van der Waals surface area contributed by atoms with Crippen molar-refractivity contribution in [2.45, 2.75) is 25.7 Å². The summed E-state index contributed by atoms with van der Waals surface area (Å²) in [7, 11) is -3.31. The Balaban J connectivity index is 1.71. The lowest BCUT2D eigenvalue weighted by Gasteiger charge is -2.27. The standard InChI is InChI=1S/C16H19F2N3O3S/c1-25(23,24)10-16(22)15-7-13-9-20(4-5-21(13)19-15)8-11-2-3-12(17)6-14(11)18/h2-3,6-7,16,22H,4-5,8-10H2,1H3. The van der Waals surface area contributed by atoms with Crippen molar-refractivity contribution < 1.29 is 22.3 Å². The number of benzene rings is 1. The van der Waals surface area contributed by atoms with Crippen LogP contribution in [-0.4, -0.2) is 46.8 Å². The van der Waals surface area contributed by atoms with Gasteiger partial charge in [0.05, 0.1) is 23.7 Å². The molecule has 1 atom stereocenters. The molecule has 6 nitrogen and oxygen atoms in total. The third-order valence-corrected chi connectivity index (χ3v) is 5.03. The summed E-state index contributed by atoms with van der Waals surface area (Å²) >= 11 is 0. The van der Waals surface area contributed by atoms with Crippen LogP contribution >= 0.6 is 0 Å². The predicted octanol–water partition coefficient (Wildman–Crippen LogP) is 1.26. The average Bonchev–Trinajstić information content (AvgIpc) is 2.92.